The summed E-state index contributed by atoms with van der Waals surface area (Å²) in [7, 11) is 1.35. The van der Waals surface area contributed by atoms with E-state index >= 15 is 0 Å². The van der Waals surface area contributed by atoms with Crippen LogP contribution >= 0.6 is 0 Å². The molecule has 1 aromatic heterocycles. The zero-order valence-corrected chi connectivity index (χ0v) is 16.6. The van der Waals surface area contributed by atoms with Crippen molar-refractivity contribution in [1.82, 2.24) is 9.78 Å². The van der Waals surface area contributed by atoms with Gasteiger partial charge in [-0.3, -0.25) is 14.5 Å². The lowest BCUT2D eigenvalue weighted by molar-refractivity contribution is -0.134. The maximum absolute atomic E-state index is 14.2. The molecule has 0 spiro atoms. The van der Waals surface area contributed by atoms with Gasteiger partial charge in [-0.2, -0.15) is 5.10 Å². The third-order valence-electron chi connectivity index (χ3n) is 4.38. The lowest BCUT2D eigenvalue weighted by Gasteiger charge is -2.23. The van der Waals surface area contributed by atoms with Crippen LogP contribution in [0.2, 0.25) is 0 Å². The fraction of sp³-hybridized carbons (Fsp3) is 0.143. The third kappa shape index (κ3) is 4.42. The molecule has 0 atom stereocenters. The quantitative estimate of drug-likeness (QED) is 0.628. The molecule has 0 radical (unpaired) electrons. The number of urea groups is 1. The maximum Gasteiger partial charge on any atom is 0.324 e. The zero-order chi connectivity index (χ0) is 22.7. The smallest absolute Gasteiger partial charge is 0.324 e. The minimum atomic E-state index is -1.05. The van der Waals surface area contributed by atoms with E-state index in [0.29, 0.717) is 5.56 Å². The summed E-state index contributed by atoms with van der Waals surface area (Å²) in [6.45, 7) is 1.56. The second kappa shape index (κ2) is 8.74. The van der Waals surface area contributed by atoms with E-state index in [2.05, 4.69) is 5.10 Å². The summed E-state index contributed by atoms with van der Waals surface area (Å²) in [5.74, 6) is -2.45. The number of amides is 2. The molecule has 160 valence electrons. The largest absolute Gasteiger partial charge is 0.422 e. The molecule has 2 aromatic carbocycles. The summed E-state index contributed by atoms with van der Waals surface area (Å²) in [6.07, 6.45) is 1.13. The Bertz CT molecular complexity index is 1230. The van der Waals surface area contributed by atoms with Gasteiger partial charge < -0.3 is 10.5 Å². The third-order valence-corrected chi connectivity index (χ3v) is 4.38. The van der Waals surface area contributed by atoms with Crippen molar-refractivity contribution in [3.63, 3.8) is 0 Å². The van der Waals surface area contributed by atoms with E-state index in [1.807, 2.05) is 0 Å². The molecular weight excluding hydrogens is 410 g/mol. The Labute approximate surface area is 175 Å². The Morgan fingerprint density at radius 1 is 1.19 bits per heavy atom. The minimum Gasteiger partial charge on any atom is -0.422 e. The average Bonchev–Trinajstić information content (AvgIpc) is 2.73. The summed E-state index contributed by atoms with van der Waals surface area (Å²) in [4.78, 5) is 37.8. The van der Waals surface area contributed by atoms with Crippen LogP contribution in [-0.2, 0) is 11.8 Å². The van der Waals surface area contributed by atoms with Crippen LogP contribution in [-0.4, -0.2) is 21.8 Å². The van der Waals surface area contributed by atoms with Crippen molar-refractivity contribution < 1.29 is 23.1 Å². The number of anilines is 2. The summed E-state index contributed by atoms with van der Waals surface area (Å²) in [6, 6.07) is 7.93. The summed E-state index contributed by atoms with van der Waals surface area (Å²) < 4.78 is 33.6. The number of hydrogen-bond donors (Lipinski definition) is 1. The highest BCUT2D eigenvalue weighted by Gasteiger charge is 2.26. The fourth-order valence-electron chi connectivity index (χ4n) is 2.89. The number of hydrogen-bond acceptors (Lipinski definition) is 5. The van der Waals surface area contributed by atoms with Crippen molar-refractivity contribution in [3.8, 4) is 16.9 Å². The first-order valence-corrected chi connectivity index (χ1v) is 9.15. The van der Waals surface area contributed by atoms with Gasteiger partial charge in [-0.1, -0.05) is 19.1 Å². The molecule has 3 aromatic rings. The number of halogens is 2. The van der Waals surface area contributed by atoms with Crippen molar-refractivity contribution >= 4 is 23.4 Å². The SMILES string of the molecule is CCC(=O)Oc1cnn(C)c(=O)c1N(C(N)=O)c1cccc(-c2ccc(F)cc2F)c1. The molecule has 3 rings (SSSR count). The number of nitrogens with zero attached hydrogens (tertiary/aromatic N) is 3. The normalized spacial score (nSPS) is 10.6. The molecule has 8 nitrogen and oxygen atoms in total. The van der Waals surface area contributed by atoms with Crippen LogP contribution in [0.25, 0.3) is 11.1 Å². The Morgan fingerprint density at radius 2 is 1.94 bits per heavy atom. The van der Waals surface area contributed by atoms with Gasteiger partial charge in [0.1, 0.15) is 11.6 Å². The fourth-order valence-corrected chi connectivity index (χ4v) is 2.89. The van der Waals surface area contributed by atoms with Crippen LogP contribution in [0.1, 0.15) is 13.3 Å². The second-order valence-electron chi connectivity index (χ2n) is 6.46. The van der Waals surface area contributed by atoms with Gasteiger partial charge in [0.2, 0.25) is 0 Å². The van der Waals surface area contributed by atoms with E-state index in [9.17, 15) is 23.2 Å². The number of esters is 1. The second-order valence-corrected chi connectivity index (χ2v) is 6.46. The van der Waals surface area contributed by atoms with E-state index in [1.165, 1.54) is 31.3 Å². The van der Waals surface area contributed by atoms with E-state index < -0.39 is 29.2 Å². The van der Waals surface area contributed by atoms with Gasteiger partial charge in [-0.25, -0.2) is 18.3 Å². The first kappa shape index (κ1) is 21.6. The van der Waals surface area contributed by atoms with Crippen LogP contribution in [0, 0.1) is 11.6 Å². The molecule has 31 heavy (non-hydrogen) atoms. The highest BCUT2D eigenvalue weighted by molar-refractivity contribution is 6.00. The summed E-state index contributed by atoms with van der Waals surface area (Å²) in [5, 5.41) is 3.81. The molecule has 0 saturated heterocycles. The monoisotopic (exact) mass is 428 g/mol. The molecule has 0 unspecified atom stereocenters. The van der Waals surface area contributed by atoms with E-state index in [-0.39, 0.29) is 29.1 Å². The number of aryl methyl sites for hydroxylation is 1. The van der Waals surface area contributed by atoms with Crippen molar-refractivity contribution in [3.05, 3.63) is 70.6 Å². The summed E-state index contributed by atoms with van der Waals surface area (Å²) in [5.41, 5.74) is 4.95. The highest BCUT2D eigenvalue weighted by Crippen LogP contribution is 2.33. The van der Waals surface area contributed by atoms with Crippen LogP contribution < -0.4 is 20.9 Å². The van der Waals surface area contributed by atoms with Crippen LogP contribution in [0.3, 0.4) is 0 Å². The van der Waals surface area contributed by atoms with Gasteiger partial charge in [0.05, 0.1) is 11.9 Å². The molecule has 1 heterocycles. The number of primary amides is 1. The van der Waals surface area contributed by atoms with E-state index in [1.54, 1.807) is 13.0 Å². The molecule has 0 bridgehead atoms. The first-order chi connectivity index (χ1) is 14.7. The number of carbonyl (C=O) groups excluding carboxylic acids is 2. The van der Waals surface area contributed by atoms with Gasteiger partial charge >= 0.3 is 12.0 Å². The van der Waals surface area contributed by atoms with Gasteiger partial charge in [0, 0.05) is 25.1 Å². The van der Waals surface area contributed by atoms with E-state index in [0.717, 1.165) is 27.9 Å². The molecule has 0 aliphatic heterocycles. The zero-order valence-electron chi connectivity index (χ0n) is 16.6. The number of rotatable bonds is 5. The molecule has 2 N–H and O–H groups in total. The molecule has 10 heteroatoms. The van der Waals surface area contributed by atoms with Crippen LogP contribution in [0.4, 0.5) is 25.0 Å². The van der Waals surface area contributed by atoms with Crippen molar-refractivity contribution in [2.24, 2.45) is 12.8 Å². The molecule has 0 aliphatic rings. The predicted octanol–water partition coefficient (Wildman–Crippen LogP) is 3.26. The van der Waals surface area contributed by atoms with Crippen molar-refractivity contribution in [1.29, 1.82) is 0 Å². The number of benzene rings is 2. The Kier molecular flexibility index (Phi) is 6.10. The lowest BCUT2D eigenvalue weighted by atomic mass is 10.0. The van der Waals surface area contributed by atoms with Gasteiger partial charge in [0.15, 0.2) is 11.4 Å². The van der Waals surface area contributed by atoms with Crippen LogP contribution in [0.15, 0.2) is 53.5 Å². The Hall–Kier alpha value is -4.08. The molecule has 0 fully saturated rings. The van der Waals surface area contributed by atoms with Crippen molar-refractivity contribution in [2.75, 3.05) is 4.90 Å². The van der Waals surface area contributed by atoms with E-state index in [4.69, 9.17) is 10.5 Å². The number of carbonyl (C=O) groups is 2. The minimum absolute atomic E-state index is 0.0184. The molecular formula is C21H18F2N4O4. The predicted molar refractivity (Wildman–Crippen MR) is 109 cm³/mol. The first-order valence-electron chi connectivity index (χ1n) is 9.15. The number of ether oxygens (including phenoxy) is 1. The molecule has 2 amide bonds. The standard InChI is InChI=1S/C21H18F2N4O4/c1-3-18(28)31-17-11-25-26(2)20(29)19(17)27(21(24)30)14-6-4-5-12(9-14)15-8-7-13(22)10-16(15)23/h4-11H,3H2,1-2H3,(H2,24,30). The number of nitrogens with two attached hydrogens (primary N) is 1. The Balaban J connectivity index is 2.19. The lowest BCUT2D eigenvalue weighted by Crippen LogP contribution is -2.37. The van der Waals surface area contributed by atoms with Crippen molar-refractivity contribution in [2.45, 2.75) is 13.3 Å². The number of aromatic nitrogens is 2. The van der Waals surface area contributed by atoms with Gasteiger partial charge in [-0.05, 0) is 29.8 Å². The Morgan fingerprint density at radius 3 is 2.58 bits per heavy atom. The molecule has 0 saturated carbocycles. The highest BCUT2D eigenvalue weighted by atomic mass is 19.1. The van der Waals surface area contributed by atoms with Gasteiger partial charge in [-0.15, -0.1) is 0 Å². The topological polar surface area (TPSA) is 108 Å². The maximum atomic E-state index is 14.2. The summed E-state index contributed by atoms with van der Waals surface area (Å²) >= 11 is 0. The molecule has 0 aliphatic carbocycles. The van der Waals surface area contributed by atoms with Gasteiger partial charge in [0.25, 0.3) is 5.56 Å². The average molecular weight is 428 g/mol. The van der Waals surface area contributed by atoms with Crippen LogP contribution in [0.5, 0.6) is 5.75 Å².